The van der Waals surface area contributed by atoms with Gasteiger partial charge in [-0.3, -0.25) is 0 Å². The predicted molar refractivity (Wildman–Crippen MR) is 30.2 cm³/mol. The van der Waals surface area contributed by atoms with E-state index in [2.05, 4.69) is 6.92 Å². The topological polar surface area (TPSA) is 0 Å². The Labute approximate surface area is 77.6 Å². The van der Waals surface area contributed by atoms with Gasteiger partial charge in [-0.1, -0.05) is 0 Å². The molecule has 0 aliphatic carbocycles. The van der Waals surface area contributed by atoms with Crippen LogP contribution < -0.4 is 0 Å². The first kappa shape index (κ1) is 14.0. The second-order valence-electron chi connectivity index (χ2n) is 2.35. The molecule has 0 saturated heterocycles. The van der Waals surface area contributed by atoms with Gasteiger partial charge in [0.25, 0.3) is 5.92 Å². The van der Waals surface area contributed by atoms with Gasteiger partial charge in [0.05, 0.1) is 6.42 Å². The normalized spacial score (nSPS) is 12.5. The summed E-state index contributed by atoms with van der Waals surface area (Å²) >= 11 is 0. The van der Waals surface area contributed by atoms with Crippen molar-refractivity contribution in [3.8, 4) is 0 Å². The van der Waals surface area contributed by atoms with Gasteiger partial charge >= 0.3 is 0 Å². The van der Waals surface area contributed by atoms with Crippen molar-refractivity contribution in [2.45, 2.75) is 31.6 Å². The van der Waals surface area contributed by atoms with Gasteiger partial charge in [-0.2, -0.15) is 0 Å². The van der Waals surface area contributed by atoms with Crippen molar-refractivity contribution in [2.75, 3.05) is 0 Å². The Kier molecular flexibility index (Phi) is 5.63. The number of hydrogen-bond acceptors (Lipinski definition) is 0. The summed E-state index contributed by atoms with van der Waals surface area (Å²) in [5, 5.41) is 0. The monoisotopic (exact) mass is 341 g/mol. The van der Waals surface area contributed by atoms with Crippen LogP contribution in [0.5, 0.6) is 0 Å². The zero-order chi connectivity index (χ0) is 8.41. The van der Waals surface area contributed by atoms with Crippen molar-refractivity contribution in [1.82, 2.24) is 0 Å². The first-order valence-corrected chi connectivity index (χ1v) is 2.82. The Morgan fingerprint density at radius 3 is 1.64 bits per heavy atom. The van der Waals surface area contributed by atoms with Crippen LogP contribution in [-0.4, -0.2) is 11.8 Å². The molecule has 0 bridgehead atoms. The third-order valence-electron chi connectivity index (χ3n) is 0.935. The van der Waals surface area contributed by atoms with E-state index in [4.69, 9.17) is 0 Å². The summed E-state index contributed by atoms with van der Waals surface area (Å²) in [6.07, 6.45) is -2.19. The Morgan fingerprint density at radius 2 is 1.55 bits per heavy atom. The Morgan fingerprint density at radius 1 is 1.18 bits per heavy atom. The summed E-state index contributed by atoms with van der Waals surface area (Å²) in [5.41, 5.74) is 0. The Bertz CT molecular complexity index is 108. The number of alkyl halides is 4. The third kappa shape index (κ3) is 8.31. The molecular weight excluding hydrogens is 332 g/mol. The van der Waals surface area contributed by atoms with Crippen LogP contribution in [0.15, 0.2) is 0 Å². The molecule has 0 fully saturated rings. The Balaban J connectivity index is 0. The maximum Gasteiger partial charge on any atom is 0.251 e. The van der Waals surface area contributed by atoms with Crippen molar-refractivity contribution in [3.05, 3.63) is 6.92 Å². The molecule has 0 N–H and O–H groups in total. The molecule has 0 nitrogen and oxygen atoms in total. The molecule has 68 valence electrons. The number of hydrogen-bond donors (Lipinski definition) is 0. The largest absolute Gasteiger partial charge is 0.338 e. The molecule has 0 aromatic heterocycles. The molecule has 0 spiro atoms. The van der Waals surface area contributed by atoms with Crippen molar-refractivity contribution in [2.24, 2.45) is 0 Å². The van der Waals surface area contributed by atoms with E-state index < -0.39 is 24.7 Å². The fourth-order valence-corrected chi connectivity index (χ4v) is 0.543. The minimum atomic E-state index is -3.34. The van der Waals surface area contributed by atoms with Gasteiger partial charge in [0.2, 0.25) is 5.92 Å². The smallest absolute Gasteiger partial charge is 0.251 e. The van der Waals surface area contributed by atoms with Crippen LogP contribution in [0.25, 0.3) is 0 Å². The molecule has 5 heteroatoms. The Hall–Kier alpha value is 0.408. The quantitative estimate of drug-likeness (QED) is 0.547. The zero-order valence-electron chi connectivity index (χ0n) is 6.04. The summed E-state index contributed by atoms with van der Waals surface area (Å²) in [6.45, 7) is 3.33. The molecule has 0 amide bonds. The van der Waals surface area contributed by atoms with Crippen LogP contribution in [-0.2, 0) is 21.1 Å². The molecule has 0 rings (SSSR count). The van der Waals surface area contributed by atoms with E-state index in [0.29, 0.717) is 6.92 Å². The molecule has 0 aliphatic rings. The standard InChI is InChI=1S/C6H9F4.W/c1-3-6(9,10)4-5(2,7)8;/h1,3-4H2,2H3;/q-1;. The minimum absolute atomic E-state index is 0. The van der Waals surface area contributed by atoms with Crippen LogP contribution in [0.2, 0.25) is 0 Å². The summed E-state index contributed by atoms with van der Waals surface area (Å²) in [6, 6.07) is 0. The summed E-state index contributed by atoms with van der Waals surface area (Å²) in [7, 11) is 0. The second-order valence-corrected chi connectivity index (χ2v) is 2.35. The van der Waals surface area contributed by atoms with Gasteiger partial charge in [0.1, 0.15) is 0 Å². The molecule has 0 aromatic carbocycles. The van der Waals surface area contributed by atoms with Crippen LogP contribution in [0.1, 0.15) is 19.8 Å². The van der Waals surface area contributed by atoms with E-state index in [-0.39, 0.29) is 21.1 Å². The summed E-state index contributed by atoms with van der Waals surface area (Å²) in [5.74, 6) is -6.64. The first-order valence-electron chi connectivity index (χ1n) is 2.82. The molecule has 0 atom stereocenters. The second kappa shape index (κ2) is 4.44. The summed E-state index contributed by atoms with van der Waals surface area (Å²) < 4.78 is 48.0. The SMILES string of the molecule is [CH2-]CC(F)(F)CC(C)(F)F.[W]. The maximum atomic E-state index is 12.1. The van der Waals surface area contributed by atoms with E-state index in [9.17, 15) is 17.6 Å². The van der Waals surface area contributed by atoms with Gasteiger partial charge in [-0.05, 0) is 6.92 Å². The van der Waals surface area contributed by atoms with Crippen molar-refractivity contribution in [3.63, 3.8) is 0 Å². The van der Waals surface area contributed by atoms with E-state index in [1.54, 1.807) is 0 Å². The van der Waals surface area contributed by atoms with Gasteiger partial charge < -0.3 is 6.92 Å². The molecular formula is C6H9F4W-. The molecule has 0 saturated carbocycles. The first-order chi connectivity index (χ1) is 4.27. The molecule has 0 aliphatic heterocycles. The van der Waals surface area contributed by atoms with E-state index in [1.807, 2.05) is 0 Å². The number of halogens is 4. The zero-order valence-corrected chi connectivity index (χ0v) is 8.97. The van der Waals surface area contributed by atoms with E-state index in [0.717, 1.165) is 0 Å². The van der Waals surface area contributed by atoms with Crippen LogP contribution >= 0.6 is 0 Å². The third-order valence-corrected chi connectivity index (χ3v) is 0.935. The van der Waals surface area contributed by atoms with Gasteiger partial charge in [-0.25, -0.2) is 17.6 Å². The predicted octanol–water partition coefficient (Wildman–Crippen LogP) is 2.89. The van der Waals surface area contributed by atoms with E-state index >= 15 is 0 Å². The van der Waals surface area contributed by atoms with Gasteiger partial charge in [0.15, 0.2) is 0 Å². The fraction of sp³-hybridized carbons (Fsp3) is 0.833. The van der Waals surface area contributed by atoms with Crippen LogP contribution in [0.4, 0.5) is 17.6 Å². The average molecular weight is 341 g/mol. The molecule has 0 aromatic rings. The van der Waals surface area contributed by atoms with Gasteiger partial charge in [0, 0.05) is 21.1 Å². The van der Waals surface area contributed by atoms with Crippen molar-refractivity contribution >= 4 is 0 Å². The van der Waals surface area contributed by atoms with Crippen LogP contribution in [0, 0.1) is 6.92 Å². The maximum absolute atomic E-state index is 12.1. The van der Waals surface area contributed by atoms with Gasteiger partial charge in [-0.15, -0.1) is 6.42 Å². The molecule has 0 unspecified atom stereocenters. The van der Waals surface area contributed by atoms with Crippen molar-refractivity contribution < 1.29 is 38.6 Å². The summed E-state index contributed by atoms with van der Waals surface area (Å²) in [4.78, 5) is 0. The van der Waals surface area contributed by atoms with E-state index in [1.165, 1.54) is 0 Å². The molecule has 11 heavy (non-hydrogen) atoms. The molecule has 0 heterocycles. The fourth-order valence-electron chi connectivity index (χ4n) is 0.543. The molecule has 0 radical (unpaired) electrons. The number of rotatable bonds is 3. The minimum Gasteiger partial charge on any atom is -0.338 e. The van der Waals surface area contributed by atoms with Crippen LogP contribution in [0.3, 0.4) is 0 Å². The van der Waals surface area contributed by atoms with Crippen molar-refractivity contribution in [1.29, 1.82) is 0 Å². The average Bonchev–Trinajstić information content (AvgIpc) is 1.60.